The van der Waals surface area contributed by atoms with E-state index in [0.29, 0.717) is 4.90 Å². The van der Waals surface area contributed by atoms with Crippen LogP contribution in [0.1, 0.15) is 76.1 Å². The molecule has 0 N–H and O–H groups in total. The minimum absolute atomic E-state index is 0.0922. The number of ether oxygens (including phenoxy) is 1. The Balaban J connectivity index is 2.77. The maximum atomic E-state index is 11.9. The first-order valence-electron chi connectivity index (χ1n) is 8.96. The molecule has 1 aromatic rings. The summed E-state index contributed by atoms with van der Waals surface area (Å²) < 4.78 is 30.4. The van der Waals surface area contributed by atoms with Crippen molar-refractivity contribution in [2.75, 3.05) is 0 Å². The van der Waals surface area contributed by atoms with Gasteiger partial charge in [-0.1, -0.05) is 34.6 Å². The highest BCUT2D eigenvalue weighted by Gasteiger charge is 2.36. The van der Waals surface area contributed by atoms with Crippen LogP contribution >= 0.6 is 0 Å². The first kappa shape index (κ1) is 18.5. The van der Waals surface area contributed by atoms with Gasteiger partial charge in [0.2, 0.25) is 0 Å². The molecule has 1 aliphatic rings. The zero-order chi connectivity index (χ0) is 17.2. The predicted octanol–water partition coefficient (Wildman–Crippen LogP) is 4.50. The van der Waals surface area contributed by atoms with Gasteiger partial charge in [0, 0.05) is 4.90 Å². The molecule has 1 aromatic carbocycles. The van der Waals surface area contributed by atoms with Gasteiger partial charge in [0.1, 0.15) is 11.4 Å². The molecule has 1 heterocycles. The van der Waals surface area contributed by atoms with E-state index in [1.807, 2.05) is 13.8 Å². The van der Waals surface area contributed by atoms with E-state index in [4.69, 9.17) is 4.74 Å². The largest absolute Gasteiger partial charge is 0.768 e. The second-order valence-electron chi connectivity index (χ2n) is 6.36. The Morgan fingerprint density at radius 2 is 1.57 bits per heavy atom. The van der Waals surface area contributed by atoms with Crippen molar-refractivity contribution in [3.8, 4) is 5.75 Å². The smallest absolute Gasteiger partial charge is 0.127 e. The molecule has 3 nitrogen and oxygen atoms in total. The van der Waals surface area contributed by atoms with Gasteiger partial charge < -0.3 is 9.29 Å². The van der Waals surface area contributed by atoms with Crippen molar-refractivity contribution in [1.29, 1.82) is 0 Å². The molecule has 0 spiro atoms. The molecule has 0 fully saturated rings. The second-order valence-corrected chi connectivity index (χ2v) is 7.24. The average Bonchev–Trinajstić information content (AvgIpc) is 2.58. The Kier molecular flexibility index (Phi) is 5.90. The molecule has 0 saturated carbocycles. The van der Waals surface area contributed by atoms with Crippen molar-refractivity contribution in [1.82, 2.24) is 0 Å². The normalized spacial score (nSPS) is 17.5. The van der Waals surface area contributed by atoms with Crippen molar-refractivity contribution >= 4 is 11.1 Å². The molecule has 0 saturated heterocycles. The van der Waals surface area contributed by atoms with E-state index in [9.17, 15) is 8.76 Å². The Morgan fingerprint density at radius 3 is 2.00 bits per heavy atom. The summed E-state index contributed by atoms with van der Waals surface area (Å²) in [5.74, 6) is 0.991. The SMILES string of the molecule is CCc1c(CC)c(S(=O)[O-])c(CC)c2c1OC(CC)(CC)CC2. The van der Waals surface area contributed by atoms with E-state index in [1.54, 1.807) is 0 Å². The van der Waals surface area contributed by atoms with Gasteiger partial charge in [-0.05, 0) is 78.3 Å². The number of rotatable bonds is 6. The van der Waals surface area contributed by atoms with Gasteiger partial charge in [-0.15, -0.1) is 0 Å². The van der Waals surface area contributed by atoms with Crippen molar-refractivity contribution in [2.45, 2.75) is 90.1 Å². The van der Waals surface area contributed by atoms with Gasteiger partial charge in [0.25, 0.3) is 0 Å². The van der Waals surface area contributed by atoms with Crippen molar-refractivity contribution < 1.29 is 13.5 Å². The fourth-order valence-corrected chi connectivity index (χ4v) is 4.93. The van der Waals surface area contributed by atoms with Crippen LogP contribution < -0.4 is 4.74 Å². The van der Waals surface area contributed by atoms with Gasteiger partial charge in [-0.2, -0.15) is 0 Å². The van der Waals surface area contributed by atoms with Gasteiger partial charge >= 0.3 is 0 Å². The van der Waals surface area contributed by atoms with Crippen molar-refractivity contribution in [2.24, 2.45) is 0 Å². The van der Waals surface area contributed by atoms with Gasteiger partial charge in [0.15, 0.2) is 0 Å². The highest BCUT2D eigenvalue weighted by Crippen LogP contribution is 2.45. The summed E-state index contributed by atoms with van der Waals surface area (Å²) in [6, 6.07) is 0. The highest BCUT2D eigenvalue weighted by atomic mass is 32.2. The molecule has 0 aromatic heterocycles. The number of hydrogen-bond acceptors (Lipinski definition) is 3. The maximum absolute atomic E-state index is 11.9. The summed E-state index contributed by atoms with van der Waals surface area (Å²) >= 11 is -2.19. The number of hydrogen-bond donors (Lipinski definition) is 0. The van der Waals surface area contributed by atoms with Crippen LogP contribution in [0.15, 0.2) is 4.90 Å². The molecular formula is C19H29O3S-. The third-order valence-electron chi connectivity index (χ3n) is 5.49. The van der Waals surface area contributed by atoms with Gasteiger partial charge in [0.05, 0.1) is 0 Å². The lowest BCUT2D eigenvalue weighted by atomic mass is 9.82. The molecular weight excluding hydrogens is 308 g/mol. The third kappa shape index (κ3) is 3.08. The summed E-state index contributed by atoms with van der Waals surface area (Å²) in [5.41, 5.74) is 4.08. The van der Waals surface area contributed by atoms with Crippen LogP contribution in [0.5, 0.6) is 5.75 Å². The summed E-state index contributed by atoms with van der Waals surface area (Å²) in [6.45, 7) is 10.5. The topological polar surface area (TPSA) is 49.4 Å². The monoisotopic (exact) mass is 337 g/mol. The molecule has 1 aliphatic heterocycles. The van der Waals surface area contributed by atoms with Crippen molar-refractivity contribution in [3.63, 3.8) is 0 Å². The predicted molar refractivity (Wildman–Crippen MR) is 94.0 cm³/mol. The second kappa shape index (κ2) is 7.35. The van der Waals surface area contributed by atoms with Gasteiger partial charge in [-0.25, -0.2) is 0 Å². The standard InChI is InChI=1S/C19H30O3S/c1-6-13-14(7-2)18(23(20)21)15(8-3)16-11-12-19(9-4,10-5)22-17(13)16/h6-12H2,1-5H3,(H,20,21)/p-1. The zero-order valence-corrected chi connectivity index (χ0v) is 15.9. The highest BCUT2D eigenvalue weighted by molar-refractivity contribution is 7.79. The molecule has 1 atom stereocenters. The summed E-state index contributed by atoms with van der Waals surface area (Å²) in [7, 11) is 0. The molecule has 0 radical (unpaired) electrons. The lowest BCUT2D eigenvalue weighted by Crippen LogP contribution is -2.39. The van der Waals surface area contributed by atoms with Crippen LogP contribution in [0.2, 0.25) is 0 Å². The Morgan fingerprint density at radius 1 is 1.00 bits per heavy atom. The minimum Gasteiger partial charge on any atom is -0.768 e. The molecule has 1 unspecified atom stereocenters. The van der Waals surface area contributed by atoms with E-state index in [-0.39, 0.29) is 5.60 Å². The Bertz CT molecular complexity index is 578. The number of fused-ring (bicyclic) bond motifs is 1. The van der Waals surface area contributed by atoms with E-state index in [1.165, 1.54) is 0 Å². The summed E-state index contributed by atoms with van der Waals surface area (Å²) in [4.78, 5) is 0.537. The van der Waals surface area contributed by atoms with Crippen LogP contribution in [0.25, 0.3) is 0 Å². The Hall–Kier alpha value is -0.870. The third-order valence-corrected chi connectivity index (χ3v) is 6.32. The van der Waals surface area contributed by atoms with E-state index < -0.39 is 11.1 Å². The minimum atomic E-state index is -2.19. The van der Waals surface area contributed by atoms with Crippen LogP contribution in [-0.2, 0) is 36.8 Å². The molecule has 130 valence electrons. The van der Waals surface area contributed by atoms with E-state index in [2.05, 4.69) is 20.8 Å². The summed E-state index contributed by atoms with van der Waals surface area (Å²) in [6.07, 6.45) is 6.14. The first-order chi connectivity index (χ1) is 11.0. The lowest BCUT2D eigenvalue weighted by Gasteiger charge is -2.40. The molecule has 0 bridgehead atoms. The lowest BCUT2D eigenvalue weighted by molar-refractivity contribution is 0.0367. The van der Waals surface area contributed by atoms with Crippen LogP contribution in [-0.4, -0.2) is 14.4 Å². The Labute approximate surface area is 143 Å². The number of benzene rings is 1. The van der Waals surface area contributed by atoms with Crippen LogP contribution in [0.4, 0.5) is 0 Å². The van der Waals surface area contributed by atoms with Crippen LogP contribution in [0, 0.1) is 0 Å². The van der Waals surface area contributed by atoms with E-state index >= 15 is 0 Å². The molecule has 4 heteroatoms. The van der Waals surface area contributed by atoms with Crippen molar-refractivity contribution in [3.05, 3.63) is 22.3 Å². The average molecular weight is 338 g/mol. The molecule has 0 amide bonds. The fraction of sp³-hybridized carbons (Fsp3) is 0.684. The van der Waals surface area contributed by atoms with Crippen LogP contribution in [0.3, 0.4) is 0 Å². The van der Waals surface area contributed by atoms with E-state index in [0.717, 1.165) is 72.9 Å². The zero-order valence-electron chi connectivity index (χ0n) is 15.1. The summed E-state index contributed by atoms with van der Waals surface area (Å²) in [5, 5.41) is 0. The first-order valence-corrected chi connectivity index (χ1v) is 10.0. The fourth-order valence-electron chi connectivity index (χ4n) is 3.99. The molecule has 0 aliphatic carbocycles. The van der Waals surface area contributed by atoms with Gasteiger partial charge in [-0.3, -0.25) is 4.21 Å². The maximum Gasteiger partial charge on any atom is 0.127 e. The molecule has 23 heavy (non-hydrogen) atoms. The quantitative estimate of drug-likeness (QED) is 0.718. The molecule has 2 rings (SSSR count).